The van der Waals surface area contributed by atoms with Crippen LogP contribution in [0.3, 0.4) is 0 Å². The van der Waals surface area contributed by atoms with Crippen molar-refractivity contribution in [2.75, 3.05) is 20.6 Å². The van der Waals surface area contributed by atoms with E-state index in [1.165, 1.54) is 0 Å². The molecule has 0 saturated carbocycles. The molecule has 74 valence electrons. The van der Waals surface area contributed by atoms with Crippen molar-refractivity contribution >= 4 is 11.6 Å². The number of aryl methyl sites for hydroxylation is 1. The highest BCUT2D eigenvalue weighted by molar-refractivity contribution is 6.31. The third kappa shape index (κ3) is 3.41. The summed E-state index contributed by atoms with van der Waals surface area (Å²) in [6.07, 6.45) is 0. The van der Waals surface area contributed by atoms with Crippen LogP contribution in [0.2, 0.25) is 5.02 Å². The zero-order chi connectivity index (χ0) is 10.6. The molecule has 0 radical (unpaired) electrons. The maximum Gasteiger partial charge on any atom is 0.0600 e. The standard InChI is InChI=1S/C12H14ClN/c1-10-6-7-11(9-12(10)13)5-4-8-14(2)3/h6-7,9H,8H2,1-3H3. The van der Waals surface area contributed by atoms with Crippen molar-refractivity contribution in [3.8, 4) is 11.8 Å². The van der Waals surface area contributed by atoms with Gasteiger partial charge in [0.15, 0.2) is 0 Å². The molecule has 0 aliphatic rings. The Kier molecular flexibility index (Phi) is 4.00. The highest BCUT2D eigenvalue weighted by Crippen LogP contribution is 2.15. The van der Waals surface area contributed by atoms with Crippen LogP contribution in [-0.2, 0) is 0 Å². The molecule has 14 heavy (non-hydrogen) atoms. The molecule has 0 N–H and O–H groups in total. The van der Waals surface area contributed by atoms with Crippen LogP contribution >= 0.6 is 11.6 Å². The van der Waals surface area contributed by atoms with Gasteiger partial charge < -0.3 is 0 Å². The molecule has 0 aromatic heterocycles. The Labute approximate surface area is 90.7 Å². The minimum Gasteiger partial charge on any atom is -0.299 e. The Hall–Kier alpha value is -0.970. The van der Waals surface area contributed by atoms with Crippen LogP contribution < -0.4 is 0 Å². The summed E-state index contributed by atoms with van der Waals surface area (Å²) >= 11 is 5.98. The second-order valence-corrected chi connectivity index (χ2v) is 3.91. The van der Waals surface area contributed by atoms with Crippen LogP contribution in [0.4, 0.5) is 0 Å². The molecule has 0 aliphatic heterocycles. The Bertz CT molecular complexity index is 372. The molecule has 1 rings (SSSR count). The van der Waals surface area contributed by atoms with Crippen molar-refractivity contribution in [1.82, 2.24) is 4.90 Å². The number of hydrogen-bond donors (Lipinski definition) is 0. The largest absolute Gasteiger partial charge is 0.299 e. The molecular formula is C12H14ClN. The lowest BCUT2D eigenvalue weighted by molar-refractivity contribution is 0.464. The third-order valence-electron chi connectivity index (χ3n) is 1.80. The number of halogens is 1. The van der Waals surface area contributed by atoms with Crippen molar-refractivity contribution in [2.45, 2.75) is 6.92 Å². The van der Waals surface area contributed by atoms with E-state index in [1.54, 1.807) is 0 Å². The third-order valence-corrected chi connectivity index (χ3v) is 2.21. The average molecular weight is 208 g/mol. The molecule has 0 unspecified atom stereocenters. The second-order valence-electron chi connectivity index (χ2n) is 3.50. The van der Waals surface area contributed by atoms with Gasteiger partial charge in [-0.1, -0.05) is 29.5 Å². The highest BCUT2D eigenvalue weighted by atomic mass is 35.5. The molecule has 2 heteroatoms. The average Bonchev–Trinajstić information content (AvgIpc) is 2.10. The minimum atomic E-state index is 0.769. The summed E-state index contributed by atoms with van der Waals surface area (Å²) in [5.74, 6) is 6.13. The van der Waals surface area contributed by atoms with Gasteiger partial charge in [-0.25, -0.2) is 0 Å². The molecule has 0 spiro atoms. The van der Waals surface area contributed by atoms with Crippen LogP contribution in [-0.4, -0.2) is 25.5 Å². The van der Waals surface area contributed by atoms with Crippen molar-refractivity contribution in [3.05, 3.63) is 34.3 Å². The molecule has 0 saturated heterocycles. The van der Waals surface area contributed by atoms with Crippen molar-refractivity contribution in [2.24, 2.45) is 0 Å². The fourth-order valence-electron chi connectivity index (χ4n) is 0.970. The zero-order valence-corrected chi connectivity index (χ0v) is 9.52. The fraction of sp³-hybridized carbons (Fsp3) is 0.333. The van der Waals surface area contributed by atoms with E-state index in [1.807, 2.05) is 44.1 Å². The van der Waals surface area contributed by atoms with E-state index in [0.717, 1.165) is 22.7 Å². The molecule has 1 aromatic carbocycles. The van der Waals surface area contributed by atoms with Crippen molar-refractivity contribution in [1.29, 1.82) is 0 Å². The van der Waals surface area contributed by atoms with Gasteiger partial charge in [0.05, 0.1) is 6.54 Å². The predicted molar refractivity (Wildman–Crippen MR) is 61.6 cm³/mol. The van der Waals surface area contributed by atoms with Crippen LogP contribution in [0.1, 0.15) is 11.1 Å². The van der Waals surface area contributed by atoms with E-state index in [9.17, 15) is 0 Å². The van der Waals surface area contributed by atoms with Gasteiger partial charge >= 0.3 is 0 Å². The first-order valence-electron chi connectivity index (χ1n) is 4.49. The van der Waals surface area contributed by atoms with E-state index < -0.39 is 0 Å². The van der Waals surface area contributed by atoms with Gasteiger partial charge in [0, 0.05) is 10.6 Å². The Morgan fingerprint density at radius 2 is 2.07 bits per heavy atom. The number of rotatable bonds is 1. The van der Waals surface area contributed by atoms with Gasteiger partial charge in [0.25, 0.3) is 0 Å². The summed E-state index contributed by atoms with van der Waals surface area (Å²) in [5, 5.41) is 0.779. The SMILES string of the molecule is Cc1ccc(C#CCN(C)C)cc1Cl. The maximum atomic E-state index is 5.98. The van der Waals surface area contributed by atoms with Gasteiger partial charge in [-0.2, -0.15) is 0 Å². The van der Waals surface area contributed by atoms with Crippen molar-refractivity contribution in [3.63, 3.8) is 0 Å². The van der Waals surface area contributed by atoms with E-state index >= 15 is 0 Å². The van der Waals surface area contributed by atoms with Crippen LogP contribution in [0, 0.1) is 18.8 Å². The molecule has 0 amide bonds. The van der Waals surface area contributed by atoms with Crippen LogP contribution in [0.5, 0.6) is 0 Å². The quantitative estimate of drug-likeness (QED) is 0.640. The van der Waals surface area contributed by atoms with Gasteiger partial charge in [-0.3, -0.25) is 4.90 Å². The summed E-state index contributed by atoms with van der Waals surface area (Å²) in [5.41, 5.74) is 2.06. The van der Waals surface area contributed by atoms with E-state index in [-0.39, 0.29) is 0 Å². The molecular weight excluding hydrogens is 194 g/mol. The second kappa shape index (κ2) is 5.05. The van der Waals surface area contributed by atoms with E-state index in [4.69, 9.17) is 11.6 Å². The Balaban J connectivity index is 2.76. The Morgan fingerprint density at radius 3 is 2.64 bits per heavy atom. The molecule has 0 heterocycles. The van der Waals surface area contributed by atoms with Gasteiger partial charge in [0.1, 0.15) is 0 Å². The molecule has 1 nitrogen and oxygen atoms in total. The minimum absolute atomic E-state index is 0.769. The summed E-state index contributed by atoms with van der Waals surface area (Å²) in [6.45, 7) is 2.75. The van der Waals surface area contributed by atoms with Gasteiger partial charge in [-0.05, 0) is 38.7 Å². The first-order valence-corrected chi connectivity index (χ1v) is 4.87. The smallest absolute Gasteiger partial charge is 0.0600 e. The van der Waals surface area contributed by atoms with Gasteiger partial charge in [0.2, 0.25) is 0 Å². The topological polar surface area (TPSA) is 3.24 Å². The van der Waals surface area contributed by atoms with Crippen LogP contribution in [0.15, 0.2) is 18.2 Å². The lowest BCUT2D eigenvalue weighted by Crippen LogP contribution is -2.10. The monoisotopic (exact) mass is 207 g/mol. The Morgan fingerprint density at radius 1 is 1.36 bits per heavy atom. The van der Waals surface area contributed by atoms with E-state index in [0.29, 0.717) is 0 Å². The first-order chi connectivity index (χ1) is 6.59. The van der Waals surface area contributed by atoms with Crippen molar-refractivity contribution < 1.29 is 0 Å². The molecule has 0 atom stereocenters. The van der Waals surface area contributed by atoms with E-state index in [2.05, 4.69) is 11.8 Å². The summed E-state index contributed by atoms with van der Waals surface area (Å²) in [7, 11) is 3.99. The lowest BCUT2D eigenvalue weighted by atomic mass is 10.1. The first kappa shape index (κ1) is 11.1. The lowest BCUT2D eigenvalue weighted by Gasteiger charge is -2.01. The molecule has 0 bridgehead atoms. The molecule has 0 fully saturated rings. The number of benzene rings is 1. The number of hydrogen-bond acceptors (Lipinski definition) is 1. The van der Waals surface area contributed by atoms with Crippen LogP contribution in [0.25, 0.3) is 0 Å². The summed E-state index contributed by atoms with van der Waals surface area (Å²) in [4.78, 5) is 2.03. The zero-order valence-electron chi connectivity index (χ0n) is 8.76. The fourth-order valence-corrected chi connectivity index (χ4v) is 1.15. The maximum absolute atomic E-state index is 5.98. The summed E-state index contributed by atoms with van der Waals surface area (Å²) in [6, 6.07) is 5.88. The predicted octanol–water partition coefficient (Wildman–Crippen LogP) is 2.56. The highest BCUT2D eigenvalue weighted by Gasteiger charge is 1.94. The summed E-state index contributed by atoms with van der Waals surface area (Å²) < 4.78 is 0. The normalized spacial score (nSPS) is 9.79. The number of nitrogens with zero attached hydrogens (tertiary/aromatic N) is 1. The van der Waals surface area contributed by atoms with Gasteiger partial charge in [-0.15, -0.1) is 0 Å². The molecule has 1 aromatic rings. The molecule has 0 aliphatic carbocycles.